The molecule has 1 aromatic heterocycles. The van der Waals surface area contributed by atoms with Crippen LogP contribution < -0.4 is 5.32 Å². The van der Waals surface area contributed by atoms with E-state index in [9.17, 15) is 9.59 Å². The fourth-order valence-corrected chi connectivity index (χ4v) is 2.74. The van der Waals surface area contributed by atoms with Gasteiger partial charge in [-0.3, -0.25) is 14.6 Å². The van der Waals surface area contributed by atoms with Gasteiger partial charge in [0.15, 0.2) is 0 Å². The van der Waals surface area contributed by atoms with Crippen LogP contribution in [0.25, 0.3) is 0 Å². The Morgan fingerprint density at radius 3 is 2.52 bits per heavy atom. The molecule has 0 unspecified atom stereocenters. The van der Waals surface area contributed by atoms with Gasteiger partial charge in [-0.05, 0) is 24.7 Å². The summed E-state index contributed by atoms with van der Waals surface area (Å²) in [7, 11) is 2.04. The van der Waals surface area contributed by atoms with E-state index in [1.54, 1.807) is 17.0 Å². The minimum Gasteiger partial charge on any atom is -0.348 e. The fraction of sp³-hybridized carbons (Fsp3) is 0.316. The van der Waals surface area contributed by atoms with Crippen molar-refractivity contribution in [3.05, 3.63) is 65.5 Å². The van der Waals surface area contributed by atoms with Gasteiger partial charge >= 0.3 is 0 Å². The molecule has 1 N–H and O–H groups in total. The highest BCUT2D eigenvalue weighted by molar-refractivity contribution is 5.98. The lowest BCUT2D eigenvalue weighted by Gasteiger charge is -2.32. The summed E-state index contributed by atoms with van der Waals surface area (Å²) in [6.45, 7) is 3.51. The van der Waals surface area contributed by atoms with E-state index < -0.39 is 0 Å². The lowest BCUT2D eigenvalue weighted by atomic mass is 10.1. The molecule has 1 aliphatic heterocycles. The maximum atomic E-state index is 12.6. The lowest BCUT2D eigenvalue weighted by Crippen LogP contribution is -2.47. The smallest absolute Gasteiger partial charge is 0.272 e. The minimum absolute atomic E-state index is 0.120. The molecule has 0 saturated carbocycles. The van der Waals surface area contributed by atoms with Crippen LogP contribution in [0.1, 0.15) is 26.4 Å². The molecule has 1 aromatic carbocycles. The maximum Gasteiger partial charge on any atom is 0.272 e. The van der Waals surface area contributed by atoms with Crippen molar-refractivity contribution in [2.75, 3.05) is 33.2 Å². The van der Waals surface area contributed by atoms with Crippen LogP contribution in [0, 0.1) is 0 Å². The van der Waals surface area contributed by atoms with Crippen LogP contribution in [0.3, 0.4) is 0 Å². The molecule has 0 bridgehead atoms. The zero-order valence-electron chi connectivity index (χ0n) is 14.3. The van der Waals surface area contributed by atoms with Gasteiger partial charge in [0.2, 0.25) is 0 Å². The number of nitrogens with zero attached hydrogens (tertiary/aromatic N) is 3. The number of carbonyl (C=O) groups is 2. The number of aromatic nitrogens is 1. The third kappa shape index (κ3) is 4.42. The molecule has 6 nitrogen and oxygen atoms in total. The third-order valence-electron chi connectivity index (χ3n) is 4.33. The molecule has 0 aliphatic carbocycles. The quantitative estimate of drug-likeness (QED) is 0.915. The Morgan fingerprint density at radius 1 is 1.08 bits per heavy atom. The van der Waals surface area contributed by atoms with Crippen LogP contribution in [-0.2, 0) is 6.54 Å². The van der Waals surface area contributed by atoms with Crippen LogP contribution in [0.2, 0.25) is 0 Å². The first-order chi connectivity index (χ1) is 12.1. The van der Waals surface area contributed by atoms with E-state index >= 15 is 0 Å². The Balaban J connectivity index is 1.64. The van der Waals surface area contributed by atoms with E-state index in [1.165, 1.54) is 6.20 Å². The van der Waals surface area contributed by atoms with Crippen molar-refractivity contribution in [2.45, 2.75) is 6.54 Å². The molecule has 0 atom stereocenters. The zero-order chi connectivity index (χ0) is 17.6. The normalized spacial score (nSPS) is 15.0. The van der Waals surface area contributed by atoms with Crippen LogP contribution in [0.5, 0.6) is 0 Å². The first-order valence-electron chi connectivity index (χ1n) is 8.39. The predicted octanol–water partition coefficient (Wildman–Crippen LogP) is 1.40. The van der Waals surface area contributed by atoms with E-state index in [0.29, 0.717) is 30.9 Å². The largest absolute Gasteiger partial charge is 0.348 e. The predicted molar refractivity (Wildman–Crippen MR) is 95.2 cm³/mol. The molecular weight excluding hydrogens is 316 g/mol. The number of hydrogen-bond acceptors (Lipinski definition) is 4. The number of carbonyl (C=O) groups excluding carboxylic acids is 2. The van der Waals surface area contributed by atoms with Gasteiger partial charge in [-0.15, -0.1) is 0 Å². The number of hydrogen-bond donors (Lipinski definition) is 1. The van der Waals surface area contributed by atoms with Crippen LogP contribution in [0.15, 0.2) is 48.7 Å². The summed E-state index contributed by atoms with van der Waals surface area (Å²) in [5, 5.41) is 2.87. The summed E-state index contributed by atoms with van der Waals surface area (Å²) in [5.41, 5.74) is 1.79. The first-order valence-corrected chi connectivity index (χ1v) is 8.39. The highest BCUT2D eigenvalue weighted by Crippen LogP contribution is 2.09. The fourth-order valence-electron chi connectivity index (χ4n) is 2.74. The molecule has 0 radical (unpaired) electrons. The average Bonchev–Trinajstić information content (AvgIpc) is 2.67. The zero-order valence-corrected chi connectivity index (χ0v) is 14.3. The lowest BCUT2D eigenvalue weighted by molar-refractivity contribution is 0.0658. The van der Waals surface area contributed by atoms with Gasteiger partial charge in [0, 0.05) is 44.5 Å². The van der Waals surface area contributed by atoms with Crippen molar-refractivity contribution in [1.82, 2.24) is 20.1 Å². The van der Waals surface area contributed by atoms with Crippen molar-refractivity contribution < 1.29 is 9.59 Å². The van der Waals surface area contributed by atoms with Gasteiger partial charge in [0.05, 0.1) is 0 Å². The van der Waals surface area contributed by atoms with Gasteiger partial charge in [-0.25, -0.2) is 0 Å². The molecule has 25 heavy (non-hydrogen) atoms. The Bertz CT molecular complexity index is 740. The molecule has 2 amide bonds. The number of rotatable bonds is 4. The van der Waals surface area contributed by atoms with E-state index in [4.69, 9.17) is 0 Å². The summed E-state index contributed by atoms with van der Waals surface area (Å²) in [4.78, 5) is 33.0. The van der Waals surface area contributed by atoms with Crippen LogP contribution in [0.4, 0.5) is 0 Å². The monoisotopic (exact) mass is 338 g/mol. The van der Waals surface area contributed by atoms with Gasteiger partial charge in [0.25, 0.3) is 11.8 Å². The van der Waals surface area contributed by atoms with Crippen molar-refractivity contribution >= 4 is 11.8 Å². The van der Waals surface area contributed by atoms with Crippen LogP contribution in [-0.4, -0.2) is 59.8 Å². The molecule has 6 heteroatoms. The van der Waals surface area contributed by atoms with E-state index in [0.717, 1.165) is 18.7 Å². The second-order valence-electron chi connectivity index (χ2n) is 6.19. The van der Waals surface area contributed by atoms with E-state index in [2.05, 4.69) is 15.2 Å². The Labute approximate surface area is 147 Å². The standard InChI is InChI=1S/C19H22N4O2/c1-22-9-11-23(12-10-22)19(25)17-13-16(7-8-20-17)18(24)21-14-15-5-3-2-4-6-15/h2-8,13H,9-12,14H2,1H3,(H,21,24). The Morgan fingerprint density at radius 2 is 1.80 bits per heavy atom. The topological polar surface area (TPSA) is 65.5 Å². The number of likely N-dealkylation sites (N-methyl/N-ethyl adjacent to an activating group) is 1. The van der Waals surface area contributed by atoms with Crippen molar-refractivity contribution in [1.29, 1.82) is 0 Å². The van der Waals surface area contributed by atoms with Gasteiger partial charge < -0.3 is 15.1 Å². The minimum atomic E-state index is -0.210. The Kier molecular flexibility index (Phi) is 5.40. The summed E-state index contributed by atoms with van der Waals surface area (Å²) < 4.78 is 0. The van der Waals surface area contributed by atoms with Gasteiger partial charge in [-0.1, -0.05) is 30.3 Å². The van der Waals surface area contributed by atoms with Crippen LogP contribution >= 0.6 is 0 Å². The molecular formula is C19H22N4O2. The molecule has 1 saturated heterocycles. The second-order valence-corrected chi connectivity index (χ2v) is 6.19. The number of pyridine rings is 1. The number of amides is 2. The average molecular weight is 338 g/mol. The number of benzene rings is 1. The van der Waals surface area contributed by atoms with E-state index in [1.807, 2.05) is 37.4 Å². The Hall–Kier alpha value is -2.73. The summed E-state index contributed by atoms with van der Waals surface area (Å²) >= 11 is 0. The SMILES string of the molecule is CN1CCN(C(=O)c2cc(C(=O)NCc3ccccc3)ccn2)CC1. The third-order valence-corrected chi connectivity index (χ3v) is 4.33. The highest BCUT2D eigenvalue weighted by Gasteiger charge is 2.22. The number of nitrogens with one attached hydrogen (secondary N) is 1. The van der Waals surface area contributed by atoms with Gasteiger partial charge in [0.1, 0.15) is 5.69 Å². The van der Waals surface area contributed by atoms with Crippen molar-refractivity contribution in [3.8, 4) is 0 Å². The maximum absolute atomic E-state index is 12.6. The molecule has 2 aromatic rings. The summed E-state index contributed by atoms with van der Waals surface area (Å²) in [5.74, 6) is -0.329. The molecule has 1 aliphatic rings. The van der Waals surface area contributed by atoms with Gasteiger partial charge in [-0.2, -0.15) is 0 Å². The molecule has 1 fully saturated rings. The second kappa shape index (κ2) is 7.90. The summed E-state index contributed by atoms with van der Waals surface area (Å²) in [6, 6.07) is 12.9. The molecule has 0 spiro atoms. The molecule has 2 heterocycles. The van der Waals surface area contributed by atoms with E-state index in [-0.39, 0.29) is 11.8 Å². The number of piperazine rings is 1. The van der Waals surface area contributed by atoms with Crippen molar-refractivity contribution in [2.24, 2.45) is 0 Å². The first kappa shape index (κ1) is 17.1. The van der Waals surface area contributed by atoms with Crippen molar-refractivity contribution in [3.63, 3.8) is 0 Å². The summed E-state index contributed by atoms with van der Waals surface area (Å²) in [6.07, 6.45) is 1.51. The molecule has 3 rings (SSSR count). The molecule has 130 valence electrons. The highest BCUT2D eigenvalue weighted by atomic mass is 16.2.